The summed E-state index contributed by atoms with van der Waals surface area (Å²) in [7, 11) is 3.15. The number of carbonyl (C=O) groups excluding carboxylic acids is 1. The highest BCUT2D eigenvalue weighted by Crippen LogP contribution is 2.35. The Hall–Kier alpha value is -1.75. The molecule has 5 heteroatoms. The molecule has 0 aliphatic carbocycles. The largest absolute Gasteiger partial charge is 0.497 e. The maximum Gasteiger partial charge on any atom is 0.219 e. The highest BCUT2D eigenvalue weighted by molar-refractivity contribution is 5.73. The summed E-state index contributed by atoms with van der Waals surface area (Å²) >= 11 is 0. The van der Waals surface area contributed by atoms with Crippen molar-refractivity contribution in [1.29, 1.82) is 0 Å². The fraction of sp³-hybridized carbons (Fsp3) is 0.562. The molecule has 1 aliphatic rings. The van der Waals surface area contributed by atoms with Crippen LogP contribution in [0.15, 0.2) is 18.2 Å². The smallest absolute Gasteiger partial charge is 0.219 e. The molecule has 1 heterocycles. The molecule has 2 rings (SSSR count). The Morgan fingerprint density at radius 1 is 1.33 bits per heavy atom. The zero-order valence-corrected chi connectivity index (χ0v) is 12.8. The molecule has 0 saturated carbocycles. The van der Waals surface area contributed by atoms with Crippen molar-refractivity contribution in [3.05, 3.63) is 23.8 Å². The molecule has 5 nitrogen and oxygen atoms in total. The number of piperidine rings is 1. The van der Waals surface area contributed by atoms with Gasteiger partial charge in [0.25, 0.3) is 0 Å². The van der Waals surface area contributed by atoms with Crippen molar-refractivity contribution in [2.45, 2.75) is 38.3 Å². The number of aliphatic hydroxyl groups excluding tert-OH is 1. The van der Waals surface area contributed by atoms with Gasteiger partial charge in [0.1, 0.15) is 17.6 Å². The second-order valence-corrected chi connectivity index (χ2v) is 5.33. The van der Waals surface area contributed by atoms with Crippen LogP contribution in [0.4, 0.5) is 0 Å². The van der Waals surface area contributed by atoms with Gasteiger partial charge in [0.05, 0.1) is 20.3 Å². The Labute approximate surface area is 125 Å². The van der Waals surface area contributed by atoms with Crippen molar-refractivity contribution in [3.8, 4) is 11.5 Å². The fourth-order valence-corrected chi connectivity index (χ4v) is 2.95. The standard InChI is InChI=1S/C16H23NO4/c1-11(18)17-9-5-4-6-14(17)16(19)13-10-12(20-2)7-8-15(13)21-3/h7-8,10,14,16,19H,4-6,9H2,1-3H3/t14-,16-/m0/s1. The minimum absolute atomic E-state index is 0.000568. The number of rotatable bonds is 4. The molecule has 2 atom stereocenters. The molecule has 1 fully saturated rings. The maximum absolute atomic E-state index is 11.8. The molecule has 1 amide bonds. The van der Waals surface area contributed by atoms with Crippen LogP contribution in [0.5, 0.6) is 11.5 Å². The lowest BCUT2D eigenvalue weighted by molar-refractivity contribution is -0.135. The van der Waals surface area contributed by atoms with Gasteiger partial charge >= 0.3 is 0 Å². The van der Waals surface area contributed by atoms with E-state index in [1.54, 1.807) is 44.2 Å². The summed E-state index contributed by atoms with van der Waals surface area (Å²) in [5.74, 6) is 1.27. The minimum Gasteiger partial charge on any atom is -0.497 e. The van der Waals surface area contributed by atoms with Crippen LogP contribution in [-0.4, -0.2) is 42.7 Å². The average Bonchev–Trinajstić information content (AvgIpc) is 2.53. The first kappa shape index (κ1) is 15.6. The van der Waals surface area contributed by atoms with Crippen molar-refractivity contribution >= 4 is 5.91 Å². The third kappa shape index (κ3) is 3.29. The van der Waals surface area contributed by atoms with Crippen LogP contribution in [0, 0.1) is 0 Å². The van der Waals surface area contributed by atoms with Gasteiger partial charge in [-0.05, 0) is 37.5 Å². The Morgan fingerprint density at radius 2 is 2.10 bits per heavy atom. The van der Waals surface area contributed by atoms with E-state index in [2.05, 4.69) is 0 Å². The molecule has 0 bridgehead atoms. The third-order valence-electron chi connectivity index (χ3n) is 4.07. The summed E-state index contributed by atoms with van der Waals surface area (Å²) in [5, 5.41) is 10.8. The summed E-state index contributed by atoms with van der Waals surface area (Å²) < 4.78 is 10.6. The number of amides is 1. The summed E-state index contributed by atoms with van der Waals surface area (Å²) in [5.41, 5.74) is 0.662. The van der Waals surface area contributed by atoms with Crippen molar-refractivity contribution in [2.75, 3.05) is 20.8 Å². The Bertz CT molecular complexity index is 503. The Balaban J connectivity index is 2.32. The van der Waals surface area contributed by atoms with Gasteiger partial charge in [-0.2, -0.15) is 0 Å². The van der Waals surface area contributed by atoms with E-state index in [9.17, 15) is 9.90 Å². The summed E-state index contributed by atoms with van der Waals surface area (Å²) in [6, 6.07) is 5.13. The molecule has 1 aromatic carbocycles. The van der Waals surface area contributed by atoms with Crippen LogP contribution in [-0.2, 0) is 4.79 Å². The number of hydrogen-bond acceptors (Lipinski definition) is 4. The second kappa shape index (κ2) is 6.80. The van der Waals surface area contributed by atoms with E-state index in [0.29, 0.717) is 23.6 Å². The first-order chi connectivity index (χ1) is 10.1. The van der Waals surface area contributed by atoms with E-state index in [1.165, 1.54) is 0 Å². The zero-order valence-electron chi connectivity index (χ0n) is 12.8. The van der Waals surface area contributed by atoms with E-state index in [1.807, 2.05) is 0 Å². The van der Waals surface area contributed by atoms with Crippen molar-refractivity contribution < 1.29 is 19.4 Å². The van der Waals surface area contributed by atoms with Gasteiger partial charge in [-0.1, -0.05) is 0 Å². The van der Waals surface area contributed by atoms with E-state index in [0.717, 1.165) is 19.3 Å². The number of benzene rings is 1. The van der Waals surface area contributed by atoms with Gasteiger partial charge in [-0.25, -0.2) is 0 Å². The Morgan fingerprint density at radius 3 is 2.71 bits per heavy atom. The first-order valence-corrected chi connectivity index (χ1v) is 7.25. The topological polar surface area (TPSA) is 59.0 Å². The normalized spacial score (nSPS) is 20.0. The Kier molecular flexibility index (Phi) is 5.07. The molecular weight excluding hydrogens is 270 g/mol. The number of methoxy groups -OCH3 is 2. The molecule has 0 spiro atoms. The van der Waals surface area contributed by atoms with E-state index in [4.69, 9.17) is 9.47 Å². The quantitative estimate of drug-likeness (QED) is 0.924. The monoisotopic (exact) mass is 293 g/mol. The number of likely N-dealkylation sites (tertiary alicyclic amines) is 1. The summed E-state index contributed by atoms with van der Waals surface area (Å²) in [4.78, 5) is 13.5. The SMILES string of the molecule is COc1ccc(OC)c([C@H](O)[C@@H]2CCCCN2C(C)=O)c1. The van der Waals surface area contributed by atoms with Crippen LogP contribution in [0.2, 0.25) is 0 Å². The number of carbonyl (C=O) groups is 1. The van der Waals surface area contributed by atoms with Crippen LogP contribution in [0.1, 0.15) is 37.9 Å². The van der Waals surface area contributed by atoms with E-state index in [-0.39, 0.29) is 11.9 Å². The average molecular weight is 293 g/mol. The van der Waals surface area contributed by atoms with Crippen LogP contribution in [0.3, 0.4) is 0 Å². The lowest BCUT2D eigenvalue weighted by Gasteiger charge is -2.38. The summed E-state index contributed by atoms with van der Waals surface area (Å²) in [6.07, 6.45) is 2.01. The van der Waals surface area contributed by atoms with Gasteiger partial charge in [0, 0.05) is 19.0 Å². The molecular formula is C16H23NO4. The van der Waals surface area contributed by atoms with Gasteiger partial charge in [-0.15, -0.1) is 0 Å². The molecule has 0 aromatic heterocycles. The maximum atomic E-state index is 11.8. The number of nitrogens with zero attached hydrogens (tertiary/aromatic N) is 1. The summed E-state index contributed by atoms with van der Waals surface area (Å²) in [6.45, 7) is 2.25. The minimum atomic E-state index is -0.778. The van der Waals surface area contributed by atoms with E-state index >= 15 is 0 Å². The fourth-order valence-electron chi connectivity index (χ4n) is 2.95. The molecule has 0 unspecified atom stereocenters. The molecule has 1 saturated heterocycles. The highest BCUT2D eigenvalue weighted by Gasteiger charge is 2.32. The van der Waals surface area contributed by atoms with Gasteiger partial charge in [0.15, 0.2) is 0 Å². The lowest BCUT2D eigenvalue weighted by Crippen LogP contribution is -2.45. The van der Waals surface area contributed by atoms with Gasteiger partial charge in [0.2, 0.25) is 5.91 Å². The predicted molar refractivity (Wildman–Crippen MR) is 79.5 cm³/mol. The number of hydrogen-bond donors (Lipinski definition) is 1. The van der Waals surface area contributed by atoms with Gasteiger partial charge in [-0.3, -0.25) is 4.79 Å². The molecule has 21 heavy (non-hydrogen) atoms. The van der Waals surface area contributed by atoms with Crippen LogP contribution in [0.25, 0.3) is 0 Å². The first-order valence-electron chi connectivity index (χ1n) is 7.25. The molecule has 1 aromatic rings. The number of aliphatic hydroxyl groups is 1. The van der Waals surface area contributed by atoms with Crippen LogP contribution >= 0.6 is 0 Å². The van der Waals surface area contributed by atoms with Crippen molar-refractivity contribution in [2.24, 2.45) is 0 Å². The van der Waals surface area contributed by atoms with Crippen molar-refractivity contribution in [1.82, 2.24) is 4.90 Å². The van der Waals surface area contributed by atoms with Crippen molar-refractivity contribution in [3.63, 3.8) is 0 Å². The van der Waals surface area contributed by atoms with Crippen LogP contribution < -0.4 is 9.47 Å². The zero-order chi connectivity index (χ0) is 15.4. The predicted octanol–water partition coefficient (Wildman–Crippen LogP) is 2.14. The molecule has 1 N–H and O–H groups in total. The molecule has 116 valence electrons. The second-order valence-electron chi connectivity index (χ2n) is 5.33. The van der Waals surface area contributed by atoms with Gasteiger partial charge < -0.3 is 19.5 Å². The number of ether oxygens (including phenoxy) is 2. The molecule has 0 radical (unpaired) electrons. The third-order valence-corrected chi connectivity index (χ3v) is 4.07. The highest BCUT2D eigenvalue weighted by atomic mass is 16.5. The lowest BCUT2D eigenvalue weighted by atomic mass is 9.92. The molecule has 1 aliphatic heterocycles. The van der Waals surface area contributed by atoms with E-state index < -0.39 is 6.10 Å².